The molecule has 2 aromatic rings. The number of fused-ring (bicyclic) bond motifs is 2. The number of amides is 1. The molecular weight excluding hydrogens is 497 g/mol. The highest BCUT2D eigenvalue weighted by molar-refractivity contribution is 6.34. The Kier molecular flexibility index (Phi) is 7.62. The summed E-state index contributed by atoms with van der Waals surface area (Å²) in [6, 6.07) is 11.7. The summed E-state index contributed by atoms with van der Waals surface area (Å²) < 4.78 is 10.5. The van der Waals surface area contributed by atoms with E-state index in [2.05, 4.69) is 5.32 Å². The summed E-state index contributed by atoms with van der Waals surface area (Å²) >= 11 is 12.1. The lowest BCUT2D eigenvalue weighted by Gasteiger charge is -2.28. The van der Waals surface area contributed by atoms with Gasteiger partial charge in [-0.1, -0.05) is 53.9 Å². The molecule has 4 rings (SSSR count). The van der Waals surface area contributed by atoms with Crippen molar-refractivity contribution in [3.63, 3.8) is 0 Å². The summed E-state index contributed by atoms with van der Waals surface area (Å²) in [5, 5.41) is 12.8. The highest BCUT2D eigenvalue weighted by Gasteiger charge is 2.45. The Morgan fingerprint density at radius 3 is 1.83 bits per heavy atom. The molecule has 2 fully saturated rings. The number of ether oxygens (including phenoxy) is 2. The summed E-state index contributed by atoms with van der Waals surface area (Å²) in [5.41, 5.74) is -0.154. The van der Waals surface area contributed by atoms with Crippen LogP contribution < -0.4 is 5.32 Å². The van der Waals surface area contributed by atoms with Gasteiger partial charge in [-0.15, -0.1) is 0 Å². The highest BCUT2D eigenvalue weighted by Crippen LogP contribution is 2.44. The van der Waals surface area contributed by atoms with Gasteiger partial charge in [-0.05, 0) is 55.4 Å². The number of esters is 2. The number of carboxylic acids is 1. The van der Waals surface area contributed by atoms with Crippen molar-refractivity contribution < 1.29 is 33.8 Å². The number of carboxylic acid groups (broad SMARTS) is 1. The maximum atomic E-state index is 13.3. The van der Waals surface area contributed by atoms with E-state index in [9.17, 15) is 24.3 Å². The predicted molar refractivity (Wildman–Crippen MR) is 126 cm³/mol. The van der Waals surface area contributed by atoms with Crippen molar-refractivity contribution >= 4 is 47.0 Å². The average molecular weight is 520 g/mol. The number of rotatable bonds is 8. The minimum Gasteiger partial charge on any atom is -0.478 e. The van der Waals surface area contributed by atoms with Gasteiger partial charge in [0.15, 0.2) is 0 Å². The molecule has 35 heavy (non-hydrogen) atoms. The van der Waals surface area contributed by atoms with Crippen LogP contribution in [0, 0.1) is 11.8 Å². The molecule has 0 aliphatic heterocycles. The molecule has 8 nitrogen and oxygen atoms in total. The Morgan fingerprint density at radius 2 is 1.37 bits per heavy atom. The first-order valence-electron chi connectivity index (χ1n) is 11.2. The van der Waals surface area contributed by atoms with Crippen molar-refractivity contribution in [2.75, 3.05) is 0 Å². The molecule has 2 aliphatic rings. The normalized spacial score (nSPS) is 22.2. The molecule has 2 aliphatic carbocycles. The van der Waals surface area contributed by atoms with E-state index in [0.717, 1.165) is 25.7 Å². The zero-order chi connectivity index (χ0) is 25.1. The van der Waals surface area contributed by atoms with Crippen LogP contribution in [-0.4, -0.2) is 47.2 Å². The lowest BCUT2D eigenvalue weighted by molar-refractivity contribution is -0.159. The fourth-order valence-corrected chi connectivity index (χ4v) is 5.22. The largest absolute Gasteiger partial charge is 0.478 e. The van der Waals surface area contributed by atoms with Gasteiger partial charge >= 0.3 is 17.9 Å². The molecule has 0 radical (unpaired) electrons. The third-order valence-corrected chi connectivity index (χ3v) is 7.16. The molecule has 5 atom stereocenters. The zero-order valence-electron chi connectivity index (χ0n) is 18.5. The second kappa shape index (κ2) is 10.7. The van der Waals surface area contributed by atoms with Crippen LogP contribution in [0.2, 0.25) is 10.0 Å². The van der Waals surface area contributed by atoms with Gasteiger partial charge in [0.05, 0.1) is 21.2 Å². The van der Waals surface area contributed by atoms with Crippen molar-refractivity contribution in [3.05, 3.63) is 69.7 Å². The number of hydrogen-bond acceptors (Lipinski definition) is 6. The van der Waals surface area contributed by atoms with Crippen molar-refractivity contribution in [2.45, 2.75) is 43.9 Å². The number of aliphatic carboxylic acids is 1. The summed E-state index contributed by atoms with van der Waals surface area (Å²) in [5.74, 6) is -3.84. The maximum absolute atomic E-state index is 13.3. The van der Waals surface area contributed by atoms with Crippen LogP contribution in [-0.2, 0) is 19.1 Å². The Hall–Kier alpha value is -3.10. The highest BCUT2D eigenvalue weighted by atomic mass is 35.5. The number of carbonyl (C=O) groups is 4. The van der Waals surface area contributed by atoms with Crippen LogP contribution in [0.1, 0.15) is 46.4 Å². The molecule has 0 saturated heterocycles. The number of halogens is 2. The number of hydrogen-bond donors (Lipinski definition) is 2. The van der Waals surface area contributed by atoms with E-state index in [4.69, 9.17) is 32.7 Å². The summed E-state index contributed by atoms with van der Waals surface area (Å²) in [6.45, 7) is 0. The SMILES string of the molecule is O=C(O[C@H](C(=O)O)[C@@H](OC(=O)c1ccccc1Cl)C(=O)N[C@@H]1C[C@H]2CC[C@H]1C2)c1ccccc1Cl. The fraction of sp³-hybridized carbons (Fsp3) is 0.360. The first-order chi connectivity index (χ1) is 16.7. The second-order valence-electron chi connectivity index (χ2n) is 8.74. The Balaban J connectivity index is 1.59. The molecule has 0 unspecified atom stereocenters. The topological polar surface area (TPSA) is 119 Å². The average Bonchev–Trinajstić information content (AvgIpc) is 3.44. The maximum Gasteiger partial charge on any atom is 0.349 e. The number of carbonyl (C=O) groups excluding carboxylic acids is 3. The van der Waals surface area contributed by atoms with Crippen molar-refractivity contribution in [1.29, 1.82) is 0 Å². The van der Waals surface area contributed by atoms with Gasteiger partial charge in [-0.3, -0.25) is 4.79 Å². The molecule has 1 amide bonds. The van der Waals surface area contributed by atoms with Crippen molar-refractivity contribution in [1.82, 2.24) is 5.32 Å². The van der Waals surface area contributed by atoms with Crippen LogP contribution in [0.5, 0.6) is 0 Å². The minimum absolute atomic E-state index is 0.0395. The van der Waals surface area contributed by atoms with Crippen molar-refractivity contribution in [2.24, 2.45) is 11.8 Å². The molecule has 0 aromatic heterocycles. The summed E-state index contributed by atoms with van der Waals surface area (Å²) in [4.78, 5) is 50.9. The van der Waals surface area contributed by atoms with E-state index in [-0.39, 0.29) is 33.1 Å². The van der Waals surface area contributed by atoms with E-state index in [1.54, 1.807) is 18.2 Å². The standard InChI is InChI=1S/C25H23Cl2NO7/c26-17-7-3-1-5-15(17)24(32)34-20(22(29)28-19-12-13-9-10-14(19)11-13)21(23(30)31)35-25(33)16-6-2-4-8-18(16)27/h1-8,13-14,19-21H,9-12H2,(H,28,29)(H,30,31)/t13-,14-,19+,20+,21-/m0/s1. The molecule has 2 aromatic carbocycles. The number of benzene rings is 2. The predicted octanol–water partition coefficient (Wildman–Crippen LogP) is 4.13. The van der Waals surface area contributed by atoms with Gasteiger partial charge in [0.25, 0.3) is 5.91 Å². The van der Waals surface area contributed by atoms with E-state index in [1.807, 2.05) is 0 Å². The van der Waals surface area contributed by atoms with Gasteiger partial charge in [0, 0.05) is 6.04 Å². The molecular formula is C25H23Cl2NO7. The lowest BCUT2D eigenvalue weighted by Crippen LogP contribution is -2.53. The van der Waals surface area contributed by atoms with E-state index in [1.165, 1.54) is 30.3 Å². The second-order valence-corrected chi connectivity index (χ2v) is 9.55. The van der Waals surface area contributed by atoms with Gasteiger partial charge in [0.1, 0.15) is 0 Å². The Morgan fingerprint density at radius 1 is 0.829 bits per heavy atom. The molecule has 0 spiro atoms. The summed E-state index contributed by atoms with van der Waals surface area (Å²) in [6.07, 6.45) is -0.276. The van der Waals surface area contributed by atoms with Crippen LogP contribution in [0.15, 0.2) is 48.5 Å². The molecule has 2 bridgehead atoms. The van der Waals surface area contributed by atoms with Gasteiger partial charge in [0.2, 0.25) is 12.2 Å². The van der Waals surface area contributed by atoms with Crippen LogP contribution in [0.25, 0.3) is 0 Å². The first-order valence-corrected chi connectivity index (χ1v) is 11.9. The van der Waals surface area contributed by atoms with E-state index >= 15 is 0 Å². The van der Waals surface area contributed by atoms with E-state index < -0.39 is 36.0 Å². The van der Waals surface area contributed by atoms with Crippen LogP contribution >= 0.6 is 23.2 Å². The minimum atomic E-state index is -2.12. The third-order valence-electron chi connectivity index (χ3n) is 6.50. The van der Waals surface area contributed by atoms with Crippen LogP contribution in [0.3, 0.4) is 0 Å². The lowest BCUT2D eigenvalue weighted by atomic mass is 9.95. The smallest absolute Gasteiger partial charge is 0.349 e. The van der Waals surface area contributed by atoms with Crippen molar-refractivity contribution in [3.8, 4) is 0 Å². The Bertz CT molecular complexity index is 1150. The quantitative estimate of drug-likeness (QED) is 0.503. The van der Waals surface area contributed by atoms with Crippen LogP contribution in [0.4, 0.5) is 0 Å². The zero-order valence-corrected chi connectivity index (χ0v) is 20.0. The third kappa shape index (κ3) is 5.60. The molecule has 2 N–H and O–H groups in total. The molecule has 184 valence electrons. The molecule has 2 saturated carbocycles. The van der Waals surface area contributed by atoms with Gasteiger partial charge in [-0.25, -0.2) is 14.4 Å². The molecule has 10 heteroatoms. The Labute approximate surface area is 211 Å². The first kappa shape index (κ1) is 25.0. The molecule has 0 heterocycles. The van der Waals surface area contributed by atoms with Gasteiger partial charge in [-0.2, -0.15) is 0 Å². The summed E-state index contributed by atoms with van der Waals surface area (Å²) in [7, 11) is 0. The van der Waals surface area contributed by atoms with E-state index in [0.29, 0.717) is 5.92 Å². The fourth-order valence-electron chi connectivity index (χ4n) is 4.79. The number of nitrogens with one attached hydrogen (secondary N) is 1. The van der Waals surface area contributed by atoms with Gasteiger partial charge < -0.3 is 19.9 Å². The monoisotopic (exact) mass is 519 g/mol.